The van der Waals surface area contributed by atoms with Gasteiger partial charge < -0.3 is 10.1 Å². The summed E-state index contributed by atoms with van der Waals surface area (Å²) in [5.74, 6) is 0.0807. The molecular weight excluding hydrogens is 424 g/mol. The van der Waals surface area contributed by atoms with Gasteiger partial charge in [-0.15, -0.1) is 0 Å². The lowest BCUT2D eigenvalue weighted by atomic mass is 10.1. The Morgan fingerprint density at radius 1 is 0.900 bits per heavy atom. The van der Waals surface area contributed by atoms with Crippen molar-refractivity contribution in [3.63, 3.8) is 0 Å². The van der Waals surface area contributed by atoms with E-state index in [1.165, 1.54) is 24.3 Å². The molecule has 2 N–H and O–H groups in total. The maximum absolute atomic E-state index is 12.5. The first-order valence-electron chi connectivity index (χ1n) is 9.11. The molecule has 0 atom stereocenters. The van der Waals surface area contributed by atoms with Gasteiger partial charge in [-0.25, -0.2) is 8.42 Å². The van der Waals surface area contributed by atoms with E-state index in [9.17, 15) is 13.2 Å². The lowest BCUT2D eigenvalue weighted by Crippen LogP contribution is -2.20. The summed E-state index contributed by atoms with van der Waals surface area (Å²) in [5.41, 5.74) is 3.21. The average Bonchev–Trinajstić information content (AvgIpc) is 2.67. The van der Waals surface area contributed by atoms with Crippen LogP contribution in [0.25, 0.3) is 0 Å². The second kappa shape index (κ2) is 9.19. The van der Waals surface area contributed by atoms with E-state index in [4.69, 9.17) is 16.3 Å². The Balaban J connectivity index is 1.58. The zero-order valence-electron chi connectivity index (χ0n) is 16.5. The van der Waals surface area contributed by atoms with Crippen LogP contribution in [-0.4, -0.2) is 20.9 Å². The van der Waals surface area contributed by atoms with Gasteiger partial charge in [0.15, 0.2) is 6.61 Å². The van der Waals surface area contributed by atoms with Gasteiger partial charge >= 0.3 is 0 Å². The zero-order valence-corrected chi connectivity index (χ0v) is 18.0. The smallest absolute Gasteiger partial charge is 0.262 e. The molecule has 156 valence electrons. The summed E-state index contributed by atoms with van der Waals surface area (Å²) in [7, 11) is -3.75. The van der Waals surface area contributed by atoms with Crippen LogP contribution in [-0.2, 0) is 14.8 Å². The van der Waals surface area contributed by atoms with Crippen LogP contribution in [0.3, 0.4) is 0 Å². The molecule has 8 heteroatoms. The summed E-state index contributed by atoms with van der Waals surface area (Å²) in [6, 6.07) is 17.9. The normalized spacial score (nSPS) is 11.0. The lowest BCUT2D eigenvalue weighted by molar-refractivity contribution is -0.118. The molecule has 0 fully saturated rings. The van der Waals surface area contributed by atoms with Gasteiger partial charge in [0.05, 0.1) is 4.90 Å². The van der Waals surface area contributed by atoms with Crippen molar-refractivity contribution in [3.8, 4) is 5.75 Å². The highest BCUT2D eigenvalue weighted by molar-refractivity contribution is 7.92. The Kier molecular flexibility index (Phi) is 6.64. The summed E-state index contributed by atoms with van der Waals surface area (Å²) >= 11 is 5.81. The first-order valence-corrected chi connectivity index (χ1v) is 11.0. The monoisotopic (exact) mass is 444 g/mol. The third-order valence-electron chi connectivity index (χ3n) is 4.11. The predicted octanol–water partition coefficient (Wildman–Crippen LogP) is 4.78. The van der Waals surface area contributed by atoms with Crippen molar-refractivity contribution in [2.75, 3.05) is 16.6 Å². The van der Waals surface area contributed by atoms with E-state index in [-0.39, 0.29) is 17.4 Å². The molecule has 6 nitrogen and oxygen atoms in total. The van der Waals surface area contributed by atoms with Crippen LogP contribution in [0.1, 0.15) is 11.1 Å². The molecule has 0 heterocycles. The second-order valence-electron chi connectivity index (χ2n) is 6.80. The number of carbonyl (C=O) groups excluding carboxylic acids is 1. The summed E-state index contributed by atoms with van der Waals surface area (Å²) in [5, 5.41) is 3.30. The number of nitrogens with one attached hydrogen (secondary N) is 2. The number of sulfonamides is 1. The molecule has 3 aromatic rings. The number of ether oxygens (including phenoxy) is 1. The third kappa shape index (κ3) is 5.98. The molecule has 0 saturated heterocycles. The van der Waals surface area contributed by atoms with Crippen molar-refractivity contribution >= 4 is 38.9 Å². The minimum absolute atomic E-state index is 0.0736. The van der Waals surface area contributed by atoms with Crippen LogP contribution in [0.15, 0.2) is 71.6 Å². The van der Waals surface area contributed by atoms with Gasteiger partial charge in [-0.2, -0.15) is 0 Å². The summed E-state index contributed by atoms with van der Waals surface area (Å²) in [6.07, 6.45) is 0. The predicted molar refractivity (Wildman–Crippen MR) is 119 cm³/mol. The van der Waals surface area contributed by atoms with E-state index in [2.05, 4.69) is 10.0 Å². The largest absolute Gasteiger partial charge is 0.484 e. The van der Waals surface area contributed by atoms with Crippen LogP contribution in [0.4, 0.5) is 11.4 Å². The van der Waals surface area contributed by atoms with Gasteiger partial charge in [0, 0.05) is 16.4 Å². The van der Waals surface area contributed by atoms with E-state index >= 15 is 0 Å². The molecule has 0 saturated carbocycles. The zero-order chi connectivity index (χ0) is 21.7. The third-order valence-corrected chi connectivity index (χ3v) is 5.76. The molecule has 0 aliphatic carbocycles. The number of hydrogen-bond donors (Lipinski definition) is 2. The highest BCUT2D eigenvalue weighted by Gasteiger charge is 2.14. The molecule has 3 aromatic carbocycles. The van der Waals surface area contributed by atoms with E-state index in [0.29, 0.717) is 22.1 Å². The Labute approximate surface area is 180 Å². The van der Waals surface area contributed by atoms with Crippen molar-refractivity contribution in [1.29, 1.82) is 0 Å². The quantitative estimate of drug-likeness (QED) is 0.549. The Bertz CT molecular complexity index is 1120. The van der Waals surface area contributed by atoms with Gasteiger partial charge in [-0.3, -0.25) is 9.52 Å². The van der Waals surface area contributed by atoms with Crippen molar-refractivity contribution < 1.29 is 17.9 Å². The number of rotatable bonds is 7. The van der Waals surface area contributed by atoms with E-state index < -0.39 is 10.0 Å². The fraction of sp³-hybridized carbons (Fsp3) is 0.136. The maximum atomic E-state index is 12.5. The molecule has 3 rings (SSSR count). The van der Waals surface area contributed by atoms with Gasteiger partial charge in [-0.05, 0) is 85.6 Å². The van der Waals surface area contributed by atoms with Crippen LogP contribution < -0.4 is 14.8 Å². The van der Waals surface area contributed by atoms with E-state index in [1.54, 1.807) is 24.3 Å². The average molecular weight is 445 g/mol. The number of halogens is 1. The number of aryl methyl sites for hydroxylation is 2. The standard InChI is InChI=1S/C22H21ClN2O4S/c1-15-11-16(2)13-19(12-15)24-22(26)14-29-20-7-9-21(10-8-20)30(27,28)25-18-5-3-17(23)4-6-18/h3-13,25H,14H2,1-2H3,(H,24,26). The van der Waals surface area contributed by atoms with Gasteiger partial charge in [0.1, 0.15) is 5.75 Å². The summed E-state index contributed by atoms with van der Waals surface area (Å²) < 4.78 is 32.9. The van der Waals surface area contributed by atoms with Crippen LogP contribution in [0.5, 0.6) is 5.75 Å². The number of hydrogen-bond acceptors (Lipinski definition) is 4. The minimum atomic E-state index is -3.75. The van der Waals surface area contributed by atoms with Gasteiger partial charge in [-0.1, -0.05) is 17.7 Å². The molecule has 0 unspecified atom stereocenters. The highest BCUT2D eigenvalue weighted by atomic mass is 35.5. The van der Waals surface area contributed by atoms with E-state index in [0.717, 1.165) is 11.1 Å². The van der Waals surface area contributed by atoms with E-state index in [1.807, 2.05) is 32.0 Å². The topological polar surface area (TPSA) is 84.5 Å². The molecular formula is C22H21ClN2O4S. The molecule has 1 amide bonds. The van der Waals surface area contributed by atoms with Gasteiger partial charge in [0.2, 0.25) is 0 Å². The van der Waals surface area contributed by atoms with Crippen molar-refractivity contribution in [2.24, 2.45) is 0 Å². The molecule has 0 aromatic heterocycles. The second-order valence-corrected chi connectivity index (χ2v) is 8.92. The minimum Gasteiger partial charge on any atom is -0.484 e. The SMILES string of the molecule is Cc1cc(C)cc(NC(=O)COc2ccc(S(=O)(=O)Nc3ccc(Cl)cc3)cc2)c1. The Morgan fingerprint density at radius 2 is 1.50 bits per heavy atom. The summed E-state index contributed by atoms with van der Waals surface area (Å²) in [4.78, 5) is 12.2. The molecule has 0 spiro atoms. The summed E-state index contributed by atoms with van der Waals surface area (Å²) in [6.45, 7) is 3.72. The van der Waals surface area contributed by atoms with Crippen LogP contribution in [0.2, 0.25) is 5.02 Å². The van der Waals surface area contributed by atoms with Gasteiger partial charge in [0.25, 0.3) is 15.9 Å². The number of amides is 1. The fourth-order valence-corrected chi connectivity index (χ4v) is 4.02. The molecule has 0 radical (unpaired) electrons. The maximum Gasteiger partial charge on any atom is 0.262 e. The molecule has 30 heavy (non-hydrogen) atoms. The molecule has 0 aliphatic heterocycles. The Hall–Kier alpha value is -3.03. The fourth-order valence-electron chi connectivity index (χ4n) is 2.84. The molecule has 0 aliphatic rings. The Morgan fingerprint density at radius 3 is 2.10 bits per heavy atom. The lowest BCUT2D eigenvalue weighted by Gasteiger charge is -2.11. The first-order chi connectivity index (χ1) is 14.2. The van der Waals surface area contributed by atoms with Crippen molar-refractivity contribution in [1.82, 2.24) is 0 Å². The van der Waals surface area contributed by atoms with Crippen LogP contribution in [0, 0.1) is 13.8 Å². The number of benzene rings is 3. The van der Waals surface area contributed by atoms with Crippen molar-refractivity contribution in [3.05, 3.63) is 82.9 Å². The molecule has 0 bridgehead atoms. The first kappa shape index (κ1) is 21.7. The highest BCUT2D eigenvalue weighted by Crippen LogP contribution is 2.21. The van der Waals surface area contributed by atoms with Crippen LogP contribution >= 0.6 is 11.6 Å². The van der Waals surface area contributed by atoms with Crippen molar-refractivity contribution in [2.45, 2.75) is 18.7 Å². The number of anilines is 2. The number of carbonyl (C=O) groups is 1.